The molecule has 0 bridgehead atoms. The van der Waals surface area contributed by atoms with Gasteiger partial charge in [0.2, 0.25) is 0 Å². The summed E-state index contributed by atoms with van der Waals surface area (Å²) in [4.78, 5) is 0. The lowest BCUT2D eigenvalue weighted by molar-refractivity contribution is 0.574. The van der Waals surface area contributed by atoms with Gasteiger partial charge in [-0.05, 0) is 37.8 Å². The molecule has 0 aromatic heterocycles. The molecular weight excluding hydrogens is 184 g/mol. The van der Waals surface area contributed by atoms with E-state index in [4.69, 9.17) is 5.73 Å². The molecule has 2 rings (SSSR count). The number of nitrogens with one attached hydrogen (secondary N) is 1. The fourth-order valence-corrected chi connectivity index (χ4v) is 1.70. The molecule has 2 nitrogen and oxygen atoms in total. The zero-order chi connectivity index (χ0) is 10.7. The Hall–Kier alpha value is -0.860. The summed E-state index contributed by atoms with van der Waals surface area (Å²) in [5, 5.41) is 3.44. The van der Waals surface area contributed by atoms with Crippen molar-refractivity contribution in [2.24, 2.45) is 11.7 Å². The number of hydrogen-bond donors (Lipinski definition) is 2. The van der Waals surface area contributed by atoms with Crippen molar-refractivity contribution in [1.29, 1.82) is 0 Å². The van der Waals surface area contributed by atoms with Crippen LogP contribution in [0.4, 0.5) is 0 Å². The molecule has 1 atom stereocenters. The Morgan fingerprint density at radius 1 is 1.33 bits per heavy atom. The highest BCUT2D eigenvalue weighted by molar-refractivity contribution is 5.24. The number of hydrogen-bond acceptors (Lipinski definition) is 2. The van der Waals surface area contributed by atoms with Crippen molar-refractivity contribution < 1.29 is 0 Å². The van der Waals surface area contributed by atoms with Gasteiger partial charge in [-0.15, -0.1) is 0 Å². The van der Waals surface area contributed by atoms with Crippen LogP contribution < -0.4 is 11.1 Å². The molecule has 1 aliphatic rings. The second kappa shape index (κ2) is 4.77. The Morgan fingerprint density at radius 2 is 2.00 bits per heavy atom. The van der Waals surface area contributed by atoms with E-state index >= 15 is 0 Å². The maximum Gasteiger partial charge on any atom is 0.0421 e. The van der Waals surface area contributed by atoms with E-state index in [-0.39, 0.29) is 6.04 Å². The molecule has 1 unspecified atom stereocenters. The van der Waals surface area contributed by atoms with Gasteiger partial charge in [0.25, 0.3) is 0 Å². The first-order valence-electron chi connectivity index (χ1n) is 5.78. The lowest BCUT2D eigenvalue weighted by atomic mass is 10.1. The molecule has 0 amide bonds. The van der Waals surface area contributed by atoms with Crippen LogP contribution in [0.1, 0.15) is 30.0 Å². The number of nitrogens with two attached hydrogens (primary N) is 1. The second-order valence-electron chi connectivity index (χ2n) is 4.62. The van der Waals surface area contributed by atoms with Crippen LogP contribution in [0.3, 0.4) is 0 Å². The molecule has 0 aliphatic heterocycles. The number of aryl methyl sites for hydroxylation is 1. The summed E-state index contributed by atoms with van der Waals surface area (Å²) in [5.41, 5.74) is 8.60. The molecule has 82 valence electrons. The van der Waals surface area contributed by atoms with Gasteiger partial charge in [0.05, 0.1) is 0 Å². The molecule has 1 fully saturated rings. The van der Waals surface area contributed by atoms with E-state index in [1.807, 2.05) is 0 Å². The predicted octanol–water partition coefficient (Wildman–Crippen LogP) is 1.99. The van der Waals surface area contributed by atoms with Crippen LogP contribution in [0, 0.1) is 12.8 Å². The van der Waals surface area contributed by atoms with Gasteiger partial charge in [-0.3, -0.25) is 0 Å². The van der Waals surface area contributed by atoms with Gasteiger partial charge < -0.3 is 11.1 Å². The van der Waals surface area contributed by atoms with E-state index in [0.717, 1.165) is 19.0 Å². The van der Waals surface area contributed by atoms with Crippen molar-refractivity contribution in [3.05, 3.63) is 35.4 Å². The zero-order valence-electron chi connectivity index (χ0n) is 9.37. The Bertz CT molecular complexity index is 301. The first-order valence-corrected chi connectivity index (χ1v) is 5.78. The molecule has 1 aromatic carbocycles. The highest BCUT2D eigenvalue weighted by atomic mass is 14.9. The SMILES string of the molecule is Cc1ccc(C(N)CNCC2CC2)cc1. The second-order valence-corrected chi connectivity index (χ2v) is 4.62. The molecule has 0 heterocycles. The highest BCUT2D eigenvalue weighted by Gasteiger charge is 2.20. The van der Waals surface area contributed by atoms with E-state index in [1.54, 1.807) is 0 Å². The molecule has 15 heavy (non-hydrogen) atoms. The first kappa shape index (κ1) is 10.7. The minimum Gasteiger partial charge on any atom is -0.323 e. The van der Waals surface area contributed by atoms with E-state index in [0.29, 0.717) is 0 Å². The van der Waals surface area contributed by atoms with Crippen LogP contribution in [-0.2, 0) is 0 Å². The monoisotopic (exact) mass is 204 g/mol. The summed E-state index contributed by atoms with van der Waals surface area (Å²) >= 11 is 0. The van der Waals surface area contributed by atoms with Gasteiger partial charge in [-0.2, -0.15) is 0 Å². The van der Waals surface area contributed by atoms with Crippen molar-refractivity contribution in [3.63, 3.8) is 0 Å². The van der Waals surface area contributed by atoms with Gasteiger partial charge >= 0.3 is 0 Å². The van der Waals surface area contributed by atoms with Crippen molar-refractivity contribution >= 4 is 0 Å². The molecule has 0 saturated heterocycles. The summed E-state index contributed by atoms with van der Waals surface area (Å²) in [7, 11) is 0. The van der Waals surface area contributed by atoms with E-state index in [2.05, 4.69) is 36.5 Å². The van der Waals surface area contributed by atoms with Crippen molar-refractivity contribution in [2.45, 2.75) is 25.8 Å². The van der Waals surface area contributed by atoms with Gasteiger partial charge in [0.15, 0.2) is 0 Å². The van der Waals surface area contributed by atoms with Gasteiger partial charge in [-0.25, -0.2) is 0 Å². The normalized spacial score (nSPS) is 17.7. The minimum atomic E-state index is 0.129. The molecule has 0 radical (unpaired) electrons. The van der Waals surface area contributed by atoms with Crippen molar-refractivity contribution in [2.75, 3.05) is 13.1 Å². The van der Waals surface area contributed by atoms with Crippen molar-refractivity contribution in [1.82, 2.24) is 5.32 Å². The number of rotatable bonds is 5. The van der Waals surface area contributed by atoms with Crippen LogP contribution in [0.15, 0.2) is 24.3 Å². The summed E-state index contributed by atoms with van der Waals surface area (Å²) in [6.45, 7) is 4.12. The first-order chi connectivity index (χ1) is 7.25. The van der Waals surface area contributed by atoms with Gasteiger partial charge in [0, 0.05) is 12.6 Å². The van der Waals surface area contributed by atoms with Crippen LogP contribution in [0.5, 0.6) is 0 Å². The number of benzene rings is 1. The van der Waals surface area contributed by atoms with Crippen LogP contribution in [-0.4, -0.2) is 13.1 Å². The lowest BCUT2D eigenvalue weighted by Gasteiger charge is -2.13. The molecule has 1 aliphatic carbocycles. The average molecular weight is 204 g/mol. The van der Waals surface area contributed by atoms with Crippen LogP contribution >= 0.6 is 0 Å². The highest BCUT2D eigenvalue weighted by Crippen LogP contribution is 2.27. The quantitative estimate of drug-likeness (QED) is 0.770. The fraction of sp³-hybridized carbons (Fsp3) is 0.538. The minimum absolute atomic E-state index is 0.129. The average Bonchev–Trinajstić information content (AvgIpc) is 3.02. The third-order valence-electron chi connectivity index (χ3n) is 3.00. The maximum atomic E-state index is 6.09. The largest absolute Gasteiger partial charge is 0.323 e. The summed E-state index contributed by atoms with van der Waals surface area (Å²) in [6.07, 6.45) is 2.79. The van der Waals surface area contributed by atoms with Crippen molar-refractivity contribution in [3.8, 4) is 0 Å². The Morgan fingerprint density at radius 3 is 2.60 bits per heavy atom. The standard InChI is InChI=1S/C13H20N2/c1-10-2-6-12(7-3-10)13(14)9-15-8-11-4-5-11/h2-3,6-7,11,13,15H,4-5,8-9,14H2,1H3. The van der Waals surface area contributed by atoms with Gasteiger partial charge in [0.1, 0.15) is 0 Å². The van der Waals surface area contributed by atoms with E-state index < -0.39 is 0 Å². The Kier molecular flexibility index (Phi) is 3.39. The van der Waals surface area contributed by atoms with E-state index in [9.17, 15) is 0 Å². The molecular formula is C13H20N2. The molecule has 0 spiro atoms. The maximum absolute atomic E-state index is 6.09. The molecule has 2 heteroatoms. The third-order valence-corrected chi connectivity index (χ3v) is 3.00. The Balaban J connectivity index is 1.78. The van der Waals surface area contributed by atoms with Crippen LogP contribution in [0.2, 0.25) is 0 Å². The lowest BCUT2D eigenvalue weighted by Crippen LogP contribution is -2.28. The predicted molar refractivity (Wildman–Crippen MR) is 63.7 cm³/mol. The van der Waals surface area contributed by atoms with E-state index in [1.165, 1.54) is 24.0 Å². The molecule has 1 aromatic rings. The zero-order valence-corrected chi connectivity index (χ0v) is 9.37. The fourth-order valence-electron chi connectivity index (χ4n) is 1.70. The van der Waals surface area contributed by atoms with Crippen LogP contribution in [0.25, 0.3) is 0 Å². The summed E-state index contributed by atoms with van der Waals surface area (Å²) in [6, 6.07) is 8.62. The molecule has 3 N–H and O–H groups in total. The van der Waals surface area contributed by atoms with Gasteiger partial charge in [-0.1, -0.05) is 29.8 Å². The smallest absolute Gasteiger partial charge is 0.0421 e. The molecule has 1 saturated carbocycles. The summed E-state index contributed by atoms with van der Waals surface area (Å²) in [5.74, 6) is 0.926. The third kappa shape index (κ3) is 3.33. The Labute approximate surface area is 91.9 Å². The topological polar surface area (TPSA) is 38.0 Å². The summed E-state index contributed by atoms with van der Waals surface area (Å²) < 4.78 is 0.